The predicted molar refractivity (Wildman–Crippen MR) is 79.5 cm³/mol. The Kier molecular flexibility index (Phi) is 3.50. The first kappa shape index (κ1) is 15.6. The molecule has 0 saturated carbocycles. The highest BCUT2D eigenvalue weighted by atomic mass is 19.4. The molecule has 0 N–H and O–H groups in total. The van der Waals surface area contributed by atoms with Crippen molar-refractivity contribution >= 4 is 21.7 Å². The Morgan fingerprint density at radius 2 is 1.83 bits per heavy atom. The zero-order valence-corrected chi connectivity index (χ0v) is 12.9. The third-order valence-electron chi connectivity index (χ3n) is 4.17. The van der Waals surface area contributed by atoms with Gasteiger partial charge in [-0.15, -0.1) is 0 Å². The Balaban J connectivity index is 2.63. The van der Waals surface area contributed by atoms with E-state index in [0.29, 0.717) is 17.6 Å². The first-order valence-corrected chi connectivity index (χ1v) is 7.22. The molecule has 2 nitrogen and oxygen atoms in total. The molecule has 0 unspecified atom stereocenters. The molecule has 1 heterocycles. The molecule has 23 heavy (non-hydrogen) atoms. The molecule has 0 spiro atoms. The van der Waals surface area contributed by atoms with Crippen molar-refractivity contribution in [3.8, 4) is 0 Å². The molecule has 6 heteroatoms. The fraction of sp³-hybridized carbons (Fsp3) is 0.294. The number of alkyl halides is 3. The summed E-state index contributed by atoms with van der Waals surface area (Å²) in [4.78, 5) is 4.17. The van der Waals surface area contributed by atoms with Gasteiger partial charge >= 0.3 is 6.18 Å². The maximum absolute atomic E-state index is 13.7. The molecular weight excluding hydrogens is 308 g/mol. The molecular formula is C17H15F4N2+. The topological polar surface area (TPSA) is 16.8 Å². The van der Waals surface area contributed by atoms with Gasteiger partial charge in [-0.25, -0.2) is 8.96 Å². The van der Waals surface area contributed by atoms with E-state index < -0.39 is 17.6 Å². The lowest BCUT2D eigenvalue weighted by molar-refractivity contribution is -0.686. The summed E-state index contributed by atoms with van der Waals surface area (Å²) in [6.07, 6.45) is -4.02. The summed E-state index contributed by atoms with van der Waals surface area (Å²) in [5, 5.41) is 0.602. The maximum atomic E-state index is 13.7. The van der Waals surface area contributed by atoms with E-state index in [9.17, 15) is 17.6 Å². The first-order valence-electron chi connectivity index (χ1n) is 7.22. The number of nitrogens with zero attached hydrogens (tertiary/aromatic N) is 2. The maximum Gasteiger partial charge on any atom is 0.421 e. The largest absolute Gasteiger partial charge is 0.421 e. The van der Waals surface area contributed by atoms with Crippen LogP contribution in [0.25, 0.3) is 21.7 Å². The van der Waals surface area contributed by atoms with Crippen LogP contribution in [0.2, 0.25) is 0 Å². The van der Waals surface area contributed by atoms with E-state index in [1.807, 2.05) is 6.92 Å². The summed E-state index contributed by atoms with van der Waals surface area (Å²) in [6, 6.07) is 4.93. The molecule has 2 aromatic carbocycles. The highest BCUT2D eigenvalue weighted by molar-refractivity contribution is 6.01. The van der Waals surface area contributed by atoms with E-state index in [1.165, 1.54) is 6.07 Å². The molecule has 0 radical (unpaired) electrons. The molecule has 0 saturated heterocycles. The van der Waals surface area contributed by atoms with E-state index in [4.69, 9.17) is 0 Å². The highest BCUT2D eigenvalue weighted by Crippen LogP contribution is 2.40. The lowest BCUT2D eigenvalue weighted by atomic mass is 9.98. The zero-order chi connectivity index (χ0) is 16.9. The van der Waals surface area contributed by atoms with Crippen LogP contribution in [0, 0.1) is 12.7 Å². The van der Waals surface area contributed by atoms with E-state index in [-0.39, 0.29) is 16.3 Å². The van der Waals surface area contributed by atoms with Crippen molar-refractivity contribution in [2.45, 2.75) is 26.4 Å². The van der Waals surface area contributed by atoms with Crippen molar-refractivity contribution in [2.24, 2.45) is 7.05 Å². The Hall–Kier alpha value is -2.24. The van der Waals surface area contributed by atoms with Crippen molar-refractivity contribution in [3.63, 3.8) is 0 Å². The first-order chi connectivity index (χ1) is 10.7. The normalized spacial score (nSPS) is 12.3. The van der Waals surface area contributed by atoms with Crippen LogP contribution < -0.4 is 4.57 Å². The molecule has 3 rings (SSSR count). The fourth-order valence-electron chi connectivity index (χ4n) is 3.03. The van der Waals surface area contributed by atoms with Crippen molar-refractivity contribution in [1.82, 2.24) is 4.98 Å². The second kappa shape index (κ2) is 5.15. The van der Waals surface area contributed by atoms with Gasteiger partial charge in [0.1, 0.15) is 17.1 Å². The molecule has 3 aromatic rings. The molecule has 0 fully saturated rings. The van der Waals surface area contributed by atoms with Gasteiger partial charge in [0.2, 0.25) is 0 Å². The van der Waals surface area contributed by atoms with Gasteiger partial charge in [0.05, 0.1) is 12.4 Å². The highest BCUT2D eigenvalue weighted by Gasteiger charge is 2.38. The van der Waals surface area contributed by atoms with E-state index >= 15 is 0 Å². The zero-order valence-electron chi connectivity index (χ0n) is 12.9. The minimum Gasteiger partial charge on any atom is -0.234 e. The van der Waals surface area contributed by atoms with Crippen LogP contribution in [-0.4, -0.2) is 4.98 Å². The summed E-state index contributed by atoms with van der Waals surface area (Å²) < 4.78 is 56.3. The minimum absolute atomic E-state index is 0.0331. The number of rotatable bonds is 1. The third-order valence-corrected chi connectivity index (χ3v) is 4.17. The number of halogens is 4. The summed E-state index contributed by atoms with van der Waals surface area (Å²) in [5.74, 6) is -0.0613. The van der Waals surface area contributed by atoms with Crippen molar-refractivity contribution in [1.29, 1.82) is 0 Å². The van der Waals surface area contributed by atoms with Crippen LogP contribution in [0.3, 0.4) is 0 Å². The van der Waals surface area contributed by atoms with E-state index in [1.54, 1.807) is 24.6 Å². The van der Waals surface area contributed by atoms with Crippen LogP contribution in [0.5, 0.6) is 0 Å². The van der Waals surface area contributed by atoms with Crippen LogP contribution in [0.15, 0.2) is 24.3 Å². The second-order valence-electron chi connectivity index (χ2n) is 5.53. The third kappa shape index (κ3) is 2.42. The Labute approximate surface area is 130 Å². The lowest BCUT2D eigenvalue weighted by Gasteiger charge is -2.14. The summed E-state index contributed by atoms with van der Waals surface area (Å²) in [6.45, 7) is 3.55. The second-order valence-corrected chi connectivity index (χ2v) is 5.53. The van der Waals surface area contributed by atoms with Gasteiger partial charge in [0, 0.05) is 13.3 Å². The molecule has 0 atom stereocenters. The molecule has 0 bridgehead atoms. The van der Waals surface area contributed by atoms with Crippen molar-refractivity contribution in [3.05, 3.63) is 47.2 Å². The molecule has 0 amide bonds. The number of hydrogen-bond donors (Lipinski definition) is 0. The Morgan fingerprint density at radius 3 is 2.43 bits per heavy atom. The van der Waals surface area contributed by atoms with Crippen LogP contribution >= 0.6 is 0 Å². The minimum atomic E-state index is -4.57. The van der Waals surface area contributed by atoms with Crippen LogP contribution in [-0.2, 0) is 19.6 Å². The molecule has 0 aliphatic carbocycles. The number of benzene rings is 2. The van der Waals surface area contributed by atoms with Gasteiger partial charge < -0.3 is 0 Å². The average molecular weight is 323 g/mol. The van der Waals surface area contributed by atoms with Crippen molar-refractivity contribution < 1.29 is 22.1 Å². The number of aryl methyl sites for hydroxylation is 2. The Morgan fingerprint density at radius 1 is 1.13 bits per heavy atom. The van der Waals surface area contributed by atoms with Gasteiger partial charge in [-0.2, -0.15) is 13.2 Å². The van der Waals surface area contributed by atoms with Gasteiger partial charge in [0.15, 0.2) is 5.52 Å². The Bertz CT molecular complexity index is 930. The van der Waals surface area contributed by atoms with Gasteiger partial charge in [0.25, 0.3) is 5.82 Å². The van der Waals surface area contributed by atoms with Crippen LogP contribution in [0.1, 0.15) is 24.0 Å². The molecule has 0 aliphatic rings. The monoisotopic (exact) mass is 323 g/mol. The van der Waals surface area contributed by atoms with Crippen LogP contribution in [0.4, 0.5) is 17.6 Å². The van der Waals surface area contributed by atoms with Crippen molar-refractivity contribution in [2.75, 3.05) is 0 Å². The number of fused-ring (bicyclic) bond motifs is 2. The van der Waals surface area contributed by atoms with E-state index in [2.05, 4.69) is 4.98 Å². The standard InChI is InChI=1S/C17H15F4N2/c1-4-14-13-8-10-7-11(18)5-6-12(10)15(17(19,20)21)16(13)22-9(2)23(14)3/h5-8H,4H2,1-3H3/q+1. The predicted octanol–water partition coefficient (Wildman–Crippen LogP) is 4.24. The summed E-state index contributed by atoms with van der Waals surface area (Å²) >= 11 is 0. The molecule has 0 aliphatic heterocycles. The smallest absolute Gasteiger partial charge is 0.234 e. The van der Waals surface area contributed by atoms with Gasteiger partial charge in [-0.3, -0.25) is 0 Å². The average Bonchev–Trinajstić information content (AvgIpc) is 2.45. The van der Waals surface area contributed by atoms with Gasteiger partial charge in [-0.05, 0) is 34.0 Å². The molecule has 120 valence electrons. The van der Waals surface area contributed by atoms with E-state index in [0.717, 1.165) is 17.8 Å². The summed E-state index contributed by atoms with van der Waals surface area (Å²) in [5.41, 5.74) is -0.142. The number of hydrogen-bond acceptors (Lipinski definition) is 1. The lowest BCUT2D eigenvalue weighted by Crippen LogP contribution is -2.38. The fourth-order valence-corrected chi connectivity index (χ4v) is 3.03. The SMILES string of the molecule is CCc1c2cc3cc(F)ccc3c(C(F)(F)F)c2nc(C)[n+]1C. The summed E-state index contributed by atoms with van der Waals surface area (Å²) in [7, 11) is 1.77. The van der Waals surface area contributed by atoms with Gasteiger partial charge in [-0.1, -0.05) is 13.0 Å². The number of aromatic nitrogens is 2. The quantitative estimate of drug-likeness (QED) is 0.372. The molecule has 1 aromatic heterocycles.